The summed E-state index contributed by atoms with van der Waals surface area (Å²) in [5, 5.41) is 2.90. The van der Waals surface area contributed by atoms with Crippen molar-refractivity contribution in [2.75, 3.05) is 42.4 Å². The molecule has 0 heterocycles. The fraction of sp³-hybridized carbons (Fsp3) is 0.278. The Morgan fingerprint density at radius 2 is 1.78 bits per heavy atom. The number of nitrogens with one attached hydrogen (secondary N) is 1. The number of nitrogens with zero attached hydrogens (tertiary/aromatic N) is 1. The highest BCUT2D eigenvalue weighted by molar-refractivity contribution is 7.99. The minimum atomic E-state index is 0.00677. The third kappa shape index (κ3) is 6.24. The molecule has 0 fully saturated rings. The Kier molecular flexibility index (Phi) is 6.81. The van der Waals surface area contributed by atoms with Gasteiger partial charge in [-0.3, -0.25) is 4.79 Å². The number of thioether (sulfide) groups is 1. The lowest BCUT2D eigenvalue weighted by Crippen LogP contribution is -2.15. The lowest BCUT2D eigenvalue weighted by Gasteiger charge is -2.13. The van der Waals surface area contributed by atoms with Gasteiger partial charge in [0.05, 0.1) is 12.4 Å². The minimum absolute atomic E-state index is 0.00677. The second-order valence-electron chi connectivity index (χ2n) is 5.20. The number of carbonyl (C=O) groups excluding carboxylic acids is 1. The zero-order valence-electron chi connectivity index (χ0n) is 13.5. The van der Waals surface area contributed by atoms with E-state index in [2.05, 4.69) is 5.32 Å². The van der Waals surface area contributed by atoms with Crippen LogP contribution in [0.3, 0.4) is 0 Å². The Labute approximate surface area is 141 Å². The van der Waals surface area contributed by atoms with Gasteiger partial charge in [-0.2, -0.15) is 0 Å². The molecular weight excluding hydrogens is 308 g/mol. The van der Waals surface area contributed by atoms with Crippen molar-refractivity contribution in [3.8, 4) is 5.75 Å². The van der Waals surface area contributed by atoms with Crippen LogP contribution < -0.4 is 15.0 Å². The van der Waals surface area contributed by atoms with E-state index in [1.807, 2.05) is 73.6 Å². The van der Waals surface area contributed by atoms with E-state index in [-0.39, 0.29) is 5.91 Å². The van der Waals surface area contributed by atoms with Crippen LogP contribution in [0, 0.1) is 0 Å². The van der Waals surface area contributed by atoms with Gasteiger partial charge in [0.25, 0.3) is 0 Å². The van der Waals surface area contributed by atoms with Gasteiger partial charge in [-0.1, -0.05) is 18.2 Å². The maximum Gasteiger partial charge on any atom is 0.234 e. The summed E-state index contributed by atoms with van der Waals surface area (Å²) in [7, 11) is 3.98. The highest BCUT2D eigenvalue weighted by Gasteiger charge is 2.03. The molecule has 0 unspecified atom stereocenters. The van der Waals surface area contributed by atoms with Gasteiger partial charge in [0.2, 0.25) is 5.91 Å². The van der Waals surface area contributed by atoms with Gasteiger partial charge in [0.15, 0.2) is 0 Å². The number of ether oxygens (including phenoxy) is 1. The summed E-state index contributed by atoms with van der Waals surface area (Å²) in [6.45, 7) is 0.597. The fourth-order valence-electron chi connectivity index (χ4n) is 1.94. The fourth-order valence-corrected chi connectivity index (χ4v) is 2.54. The van der Waals surface area contributed by atoms with Crippen molar-refractivity contribution < 1.29 is 9.53 Å². The summed E-state index contributed by atoms with van der Waals surface area (Å²) in [5.74, 6) is 2.07. The normalized spacial score (nSPS) is 10.2. The molecule has 0 aromatic heterocycles. The zero-order valence-corrected chi connectivity index (χ0v) is 14.3. The molecule has 23 heavy (non-hydrogen) atoms. The van der Waals surface area contributed by atoms with Crippen molar-refractivity contribution in [3.63, 3.8) is 0 Å². The van der Waals surface area contributed by atoms with Crippen LogP contribution in [0.2, 0.25) is 0 Å². The van der Waals surface area contributed by atoms with Crippen molar-refractivity contribution >= 4 is 29.0 Å². The van der Waals surface area contributed by atoms with E-state index in [9.17, 15) is 4.79 Å². The van der Waals surface area contributed by atoms with E-state index in [1.54, 1.807) is 11.8 Å². The lowest BCUT2D eigenvalue weighted by atomic mass is 10.2. The van der Waals surface area contributed by atoms with Gasteiger partial charge < -0.3 is 15.0 Å². The molecule has 5 heteroatoms. The molecule has 2 aromatic carbocycles. The minimum Gasteiger partial charge on any atom is -0.493 e. The largest absolute Gasteiger partial charge is 0.493 e. The average molecular weight is 330 g/mol. The van der Waals surface area contributed by atoms with Crippen LogP contribution in [0.15, 0.2) is 54.6 Å². The first kappa shape index (κ1) is 17.2. The highest BCUT2D eigenvalue weighted by Crippen LogP contribution is 2.16. The number of anilines is 2. The van der Waals surface area contributed by atoms with Gasteiger partial charge in [-0.05, 0) is 36.4 Å². The third-order valence-corrected chi connectivity index (χ3v) is 4.06. The SMILES string of the molecule is CN(C)c1ccc(NC(=O)CSCCOc2ccccc2)cc1. The molecule has 0 saturated carbocycles. The monoisotopic (exact) mass is 330 g/mol. The van der Waals surface area contributed by atoms with Gasteiger partial charge in [0.1, 0.15) is 5.75 Å². The number of hydrogen-bond donors (Lipinski definition) is 1. The quantitative estimate of drug-likeness (QED) is 0.752. The number of para-hydroxylation sites is 1. The standard InChI is InChI=1S/C18H22N2O2S/c1-20(2)16-10-8-15(9-11-16)19-18(21)14-23-13-12-22-17-6-4-3-5-7-17/h3-11H,12-14H2,1-2H3,(H,19,21). The molecule has 0 spiro atoms. The molecule has 1 N–H and O–H groups in total. The van der Waals surface area contributed by atoms with Crippen LogP contribution in [0.4, 0.5) is 11.4 Å². The molecule has 0 atom stereocenters. The summed E-state index contributed by atoms with van der Waals surface area (Å²) >= 11 is 1.56. The van der Waals surface area contributed by atoms with Crippen LogP contribution >= 0.6 is 11.8 Å². The molecule has 0 radical (unpaired) electrons. The van der Waals surface area contributed by atoms with E-state index < -0.39 is 0 Å². The molecule has 0 aliphatic carbocycles. The summed E-state index contributed by atoms with van der Waals surface area (Å²) in [5.41, 5.74) is 1.93. The van der Waals surface area contributed by atoms with E-state index in [4.69, 9.17) is 4.74 Å². The van der Waals surface area contributed by atoms with Gasteiger partial charge in [-0.15, -0.1) is 11.8 Å². The first-order valence-electron chi connectivity index (χ1n) is 7.48. The van der Waals surface area contributed by atoms with Crippen molar-refractivity contribution in [3.05, 3.63) is 54.6 Å². The Hall–Kier alpha value is -2.14. The summed E-state index contributed by atoms with van der Waals surface area (Å²) in [6, 6.07) is 17.5. The van der Waals surface area contributed by atoms with Crippen LogP contribution in [-0.4, -0.2) is 38.1 Å². The van der Waals surface area contributed by atoms with Crippen molar-refractivity contribution in [2.24, 2.45) is 0 Å². The van der Waals surface area contributed by atoms with E-state index in [0.717, 1.165) is 22.9 Å². The zero-order chi connectivity index (χ0) is 16.5. The van der Waals surface area contributed by atoms with Crippen LogP contribution in [0.25, 0.3) is 0 Å². The number of rotatable bonds is 8. The van der Waals surface area contributed by atoms with Crippen molar-refractivity contribution in [1.29, 1.82) is 0 Å². The Bertz CT molecular complexity index is 600. The number of hydrogen-bond acceptors (Lipinski definition) is 4. The van der Waals surface area contributed by atoms with Crippen molar-refractivity contribution in [2.45, 2.75) is 0 Å². The highest BCUT2D eigenvalue weighted by atomic mass is 32.2. The van der Waals surface area contributed by atoms with Crippen LogP contribution in [0.1, 0.15) is 0 Å². The number of amides is 1. The molecule has 122 valence electrons. The van der Waals surface area contributed by atoms with E-state index in [1.165, 1.54) is 0 Å². The predicted molar refractivity (Wildman–Crippen MR) is 98.7 cm³/mol. The maximum atomic E-state index is 11.9. The van der Waals surface area contributed by atoms with Crippen LogP contribution in [-0.2, 0) is 4.79 Å². The van der Waals surface area contributed by atoms with Crippen LogP contribution in [0.5, 0.6) is 5.75 Å². The van der Waals surface area contributed by atoms with E-state index in [0.29, 0.717) is 12.4 Å². The topological polar surface area (TPSA) is 41.6 Å². The molecule has 0 saturated heterocycles. The molecule has 1 amide bonds. The Morgan fingerprint density at radius 1 is 1.09 bits per heavy atom. The molecule has 2 rings (SSSR count). The number of carbonyl (C=O) groups is 1. The van der Waals surface area contributed by atoms with Gasteiger partial charge >= 0.3 is 0 Å². The maximum absolute atomic E-state index is 11.9. The molecule has 4 nitrogen and oxygen atoms in total. The number of benzene rings is 2. The Balaban J connectivity index is 1.63. The Morgan fingerprint density at radius 3 is 2.43 bits per heavy atom. The summed E-state index contributed by atoms with van der Waals surface area (Å²) in [6.07, 6.45) is 0. The third-order valence-electron chi connectivity index (χ3n) is 3.14. The smallest absolute Gasteiger partial charge is 0.234 e. The first-order valence-corrected chi connectivity index (χ1v) is 8.63. The molecular formula is C18H22N2O2S. The van der Waals surface area contributed by atoms with Gasteiger partial charge in [-0.25, -0.2) is 0 Å². The predicted octanol–water partition coefficient (Wildman–Crippen LogP) is 3.50. The molecule has 0 aliphatic heterocycles. The van der Waals surface area contributed by atoms with Gasteiger partial charge in [0, 0.05) is 31.2 Å². The molecule has 0 aliphatic rings. The summed E-state index contributed by atoms with van der Waals surface area (Å²) < 4.78 is 5.58. The summed E-state index contributed by atoms with van der Waals surface area (Å²) in [4.78, 5) is 13.9. The second kappa shape index (κ2) is 9.10. The van der Waals surface area contributed by atoms with Crippen molar-refractivity contribution in [1.82, 2.24) is 0 Å². The van der Waals surface area contributed by atoms with E-state index >= 15 is 0 Å². The average Bonchev–Trinajstić information content (AvgIpc) is 2.56. The lowest BCUT2D eigenvalue weighted by molar-refractivity contribution is -0.113. The first-order chi connectivity index (χ1) is 11.1. The molecule has 2 aromatic rings. The second-order valence-corrected chi connectivity index (χ2v) is 6.31. The molecule has 0 bridgehead atoms.